The highest BCUT2D eigenvalue weighted by atomic mass is 32.2. The van der Waals surface area contributed by atoms with E-state index in [2.05, 4.69) is 48.9 Å². The van der Waals surface area contributed by atoms with Crippen LogP contribution in [0, 0.1) is 5.41 Å². The summed E-state index contributed by atoms with van der Waals surface area (Å²) in [5.41, 5.74) is 0.540. The summed E-state index contributed by atoms with van der Waals surface area (Å²) >= 11 is 4.18. The fraction of sp³-hybridized carbons (Fsp3) is 1.00. The first-order valence-corrected chi connectivity index (χ1v) is 8.90. The number of thioether (sulfide) groups is 2. The van der Waals surface area contributed by atoms with Gasteiger partial charge in [0.25, 0.3) is 0 Å². The average Bonchev–Trinajstić information content (AvgIpc) is 2.64. The molecule has 1 aliphatic carbocycles. The second-order valence-electron chi connectivity index (χ2n) is 6.11. The van der Waals surface area contributed by atoms with E-state index >= 15 is 0 Å². The quantitative estimate of drug-likeness (QED) is 0.834. The fourth-order valence-corrected chi connectivity index (χ4v) is 5.09. The van der Waals surface area contributed by atoms with E-state index in [-0.39, 0.29) is 0 Å². The van der Waals surface area contributed by atoms with Crippen LogP contribution in [0.2, 0.25) is 0 Å². The van der Waals surface area contributed by atoms with Crippen molar-refractivity contribution in [2.75, 3.05) is 17.8 Å². The third kappa shape index (κ3) is 3.58. The maximum absolute atomic E-state index is 3.90. The molecule has 0 spiro atoms. The first-order valence-electron chi connectivity index (χ1n) is 6.46. The molecular weight excluding hydrogens is 234 g/mol. The molecule has 1 saturated heterocycles. The topological polar surface area (TPSA) is 12.0 Å². The summed E-state index contributed by atoms with van der Waals surface area (Å²) in [5, 5.41) is 4.82. The van der Waals surface area contributed by atoms with Gasteiger partial charge >= 0.3 is 0 Å². The standard InChI is InChI=1S/C13H25NS2/c1-13(2)7-11(8-16-9-13)14-10-4-5-12(6-10)15-3/h10-12,14H,4-9H2,1-3H3. The highest BCUT2D eigenvalue weighted by Gasteiger charge is 2.31. The lowest BCUT2D eigenvalue weighted by Crippen LogP contribution is -2.44. The third-order valence-electron chi connectivity index (χ3n) is 3.80. The van der Waals surface area contributed by atoms with E-state index < -0.39 is 0 Å². The van der Waals surface area contributed by atoms with Crippen LogP contribution in [-0.2, 0) is 0 Å². The van der Waals surface area contributed by atoms with Crippen molar-refractivity contribution in [1.82, 2.24) is 5.32 Å². The fourth-order valence-electron chi connectivity index (χ4n) is 3.01. The first kappa shape index (κ1) is 13.1. The number of nitrogens with one attached hydrogen (secondary N) is 1. The SMILES string of the molecule is CSC1CCC(NC2CSCC(C)(C)C2)C1. The number of hydrogen-bond acceptors (Lipinski definition) is 3. The van der Waals surface area contributed by atoms with Gasteiger partial charge in [-0.25, -0.2) is 0 Å². The van der Waals surface area contributed by atoms with Gasteiger partial charge in [-0.1, -0.05) is 13.8 Å². The lowest BCUT2D eigenvalue weighted by molar-refractivity contribution is 0.300. The summed E-state index contributed by atoms with van der Waals surface area (Å²) in [7, 11) is 0. The monoisotopic (exact) mass is 259 g/mol. The molecule has 1 aliphatic heterocycles. The zero-order chi connectivity index (χ0) is 11.6. The second kappa shape index (κ2) is 5.53. The molecule has 1 N–H and O–H groups in total. The Bertz CT molecular complexity index is 230. The van der Waals surface area contributed by atoms with Gasteiger partial charge in [0.15, 0.2) is 0 Å². The summed E-state index contributed by atoms with van der Waals surface area (Å²) in [6.45, 7) is 4.82. The maximum atomic E-state index is 3.90. The van der Waals surface area contributed by atoms with Crippen LogP contribution in [0.1, 0.15) is 39.5 Å². The molecule has 1 heterocycles. The van der Waals surface area contributed by atoms with Crippen molar-refractivity contribution < 1.29 is 0 Å². The molecule has 3 atom stereocenters. The van der Waals surface area contributed by atoms with E-state index in [0.29, 0.717) is 5.41 Å². The Labute approximate surface area is 109 Å². The lowest BCUT2D eigenvalue weighted by Gasteiger charge is -2.36. The largest absolute Gasteiger partial charge is 0.310 e. The van der Waals surface area contributed by atoms with Crippen LogP contribution in [-0.4, -0.2) is 35.1 Å². The summed E-state index contributed by atoms with van der Waals surface area (Å²) in [6.07, 6.45) is 7.82. The molecule has 3 unspecified atom stereocenters. The Morgan fingerprint density at radius 3 is 2.69 bits per heavy atom. The van der Waals surface area contributed by atoms with Crippen LogP contribution >= 0.6 is 23.5 Å². The molecule has 0 amide bonds. The van der Waals surface area contributed by atoms with Gasteiger partial charge in [0.2, 0.25) is 0 Å². The minimum atomic E-state index is 0.540. The molecule has 0 radical (unpaired) electrons. The molecule has 0 aromatic carbocycles. The predicted molar refractivity (Wildman–Crippen MR) is 77.6 cm³/mol. The zero-order valence-corrected chi connectivity index (χ0v) is 12.4. The minimum absolute atomic E-state index is 0.540. The van der Waals surface area contributed by atoms with Crippen molar-refractivity contribution in [1.29, 1.82) is 0 Å². The van der Waals surface area contributed by atoms with Crippen molar-refractivity contribution in [2.24, 2.45) is 5.41 Å². The van der Waals surface area contributed by atoms with Gasteiger partial charge in [0.05, 0.1) is 0 Å². The van der Waals surface area contributed by atoms with E-state index in [1.165, 1.54) is 37.2 Å². The number of hydrogen-bond donors (Lipinski definition) is 1. The Kier molecular flexibility index (Phi) is 4.53. The smallest absolute Gasteiger partial charge is 0.0166 e. The van der Waals surface area contributed by atoms with Gasteiger partial charge < -0.3 is 5.32 Å². The van der Waals surface area contributed by atoms with Crippen LogP contribution in [0.4, 0.5) is 0 Å². The van der Waals surface area contributed by atoms with E-state index in [1.54, 1.807) is 0 Å². The van der Waals surface area contributed by atoms with E-state index in [1.807, 2.05) is 0 Å². The normalized spacial score (nSPS) is 38.8. The molecule has 0 aromatic heterocycles. The van der Waals surface area contributed by atoms with Gasteiger partial charge in [-0.15, -0.1) is 0 Å². The molecule has 0 bridgehead atoms. The molecule has 1 saturated carbocycles. The highest BCUT2D eigenvalue weighted by Crippen LogP contribution is 2.35. The molecular formula is C13H25NS2. The number of rotatable bonds is 3. The Hall–Kier alpha value is 0.660. The molecule has 94 valence electrons. The molecule has 2 aliphatic rings. The van der Waals surface area contributed by atoms with Crippen molar-refractivity contribution in [2.45, 2.75) is 56.9 Å². The Morgan fingerprint density at radius 2 is 2.06 bits per heavy atom. The van der Waals surface area contributed by atoms with Crippen molar-refractivity contribution in [3.63, 3.8) is 0 Å². The molecule has 1 nitrogen and oxygen atoms in total. The maximum Gasteiger partial charge on any atom is 0.0166 e. The third-order valence-corrected chi connectivity index (χ3v) is 6.52. The lowest BCUT2D eigenvalue weighted by atomic mass is 9.87. The van der Waals surface area contributed by atoms with Gasteiger partial charge in [0.1, 0.15) is 0 Å². The van der Waals surface area contributed by atoms with Crippen LogP contribution in [0.3, 0.4) is 0 Å². The van der Waals surface area contributed by atoms with Gasteiger partial charge in [-0.3, -0.25) is 0 Å². The minimum Gasteiger partial charge on any atom is -0.310 e. The van der Waals surface area contributed by atoms with E-state index in [4.69, 9.17) is 0 Å². The van der Waals surface area contributed by atoms with Crippen LogP contribution < -0.4 is 5.32 Å². The van der Waals surface area contributed by atoms with Gasteiger partial charge in [0, 0.05) is 23.1 Å². The Morgan fingerprint density at radius 1 is 1.25 bits per heavy atom. The van der Waals surface area contributed by atoms with Crippen molar-refractivity contribution >= 4 is 23.5 Å². The Balaban J connectivity index is 1.77. The van der Waals surface area contributed by atoms with E-state index in [0.717, 1.165) is 17.3 Å². The first-order chi connectivity index (χ1) is 7.59. The predicted octanol–water partition coefficient (Wildman–Crippen LogP) is 3.39. The van der Waals surface area contributed by atoms with Gasteiger partial charge in [-0.05, 0) is 43.1 Å². The van der Waals surface area contributed by atoms with Crippen molar-refractivity contribution in [3.05, 3.63) is 0 Å². The van der Waals surface area contributed by atoms with Crippen LogP contribution in [0.5, 0.6) is 0 Å². The van der Waals surface area contributed by atoms with E-state index in [9.17, 15) is 0 Å². The van der Waals surface area contributed by atoms with Crippen LogP contribution in [0.15, 0.2) is 0 Å². The molecule has 16 heavy (non-hydrogen) atoms. The molecule has 2 rings (SSSR count). The zero-order valence-electron chi connectivity index (χ0n) is 10.8. The molecule has 3 heteroatoms. The second-order valence-corrected chi connectivity index (χ2v) is 8.28. The summed E-state index contributed by atoms with van der Waals surface area (Å²) in [5.74, 6) is 2.66. The summed E-state index contributed by atoms with van der Waals surface area (Å²) in [4.78, 5) is 0. The van der Waals surface area contributed by atoms with Crippen LogP contribution in [0.25, 0.3) is 0 Å². The highest BCUT2D eigenvalue weighted by molar-refractivity contribution is 7.99. The average molecular weight is 259 g/mol. The van der Waals surface area contributed by atoms with Crippen molar-refractivity contribution in [3.8, 4) is 0 Å². The summed E-state index contributed by atoms with van der Waals surface area (Å²) in [6, 6.07) is 1.57. The molecule has 0 aromatic rings. The van der Waals surface area contributed by atoms with Gasteiger partial charge in [-0.2, -0.15) is 23.5 Å². The summed E-state index contributed by atoms with van der Waals surface area (Å²) < 4.78 is 0. The molecule has 2 fully saturated rings.